The molecule has 1 aliphatic heterocycles. The number of hydrogen-bond donors (Lipinski definition) is 2. The number of hydrogen-bond acceptors (Lipinski definition) is 3. The summed E-state index contributed by atoms with van der Waals surface area (Å²) in [6, 6.07) is 7.80. The van der Waals surface area contributed by atoms with E-state index in [1.807, 2.05) is 38.1 Å². The smallest absolute Gasteiger partial charge is 0.328 e. The molecule has 0 radical (unpaired) electrons. The molecule has 0 fully saturated rings. The minimum absolute atomic E-state index is 0.0396. The maximum absolute atomic E-state index is 11.7. The minimum atomic E-state index is -0.308. The first-order chi connectivity index (χ1) is 9.61. The van der Waals surface area contributed by atoms with Gasteiger partial charge in [-0.3, -0.25) is 9.56 Å². The second-order valence-electron chi connectivity index (χ2n) is 4.68. The maximum atomic E-state index is 11.7. The van der Waals surface area contributed by atoms with Gasteiger partial charge in [0, 0.05) is 23.4 Å². The van der Waals surface area contributed by atoms with E-state index in [0.29, 0.717) is 12.2 Å². The summed E-state index contributed by atoms with van der Waals surface area (Å²) in [5.41, 5.74) is 3.81. The highest BCUT2D eigenvalue weighted by Gasteiger charge is 2.19. The average Bonchev–Trinajstić information content (AvgIpc) is 2.88. The number of H-pyrrole nitrogens is 1. The normalized spacial score (nSPS) is 15.5. The zero-order valence-electron chi connectivity index (χ0n) is 11.3. The van der Waals surface area contributed by atoms with Crippen LogP contribution < -0.4 is 5.69 Å². The third-order valence-corrected chi connectivity index (χ3v) is 3.46. The number of aromatic hydroxyl groups is 1. The van der Waals surface area contributed by atoms with E-state index in [0.717, 1.165) is 22.5 Å². The summed E-state index contributed by atoms with van der Waals surface area (Å²) in [6.45, 7) is 4.15. The second kappa shape index (κ2) is 4.52. The van der Waals surface area contributed by atoms with E-state index in [9.17, 15) is 9.90 Å². The van der Waals surface area contributed by atoms with Crippen molar-refractivity contribution in [2.45, 2.75) is 20.4 Å². The molecular formula is C15H15N3O2. The van der Waals surface area contributed by atoms with Crippen molar-refractivity contribution in [1.82, 2.24) is 9.55 Å². The van der Waals surface area contributed by atoms with Gasteiger partial charge in [-0.2, -0.15) is 0 Å². The monoisotopic (exact) mass is 269 g/mol. The van der Waals surface area contributed by atoms with Gasteiger partial charge in [-0.15, -0.1) is 0 Å². The highest BCUT2D eigenvalue weighted by molar-refractivity contribution is 6.31. The molecule has 2 heterocycles. The van der Waals surface area contributed by atoms with Gasteiger partial charge in [0.2, 0.25) is 5.88 Å². The predicted molar refractivity (Wildman–Crippen MR) is 79.5 cm³/mol. The summed E-state index contributed by atoms with van der Waals surface area (Å²) in [5.74, 6) is -0.0396. The molecule has 0 bridgehead atoms. The predicted octanol–water partition coefficient (Wildman–Crippen LogP) is 2.55. The van der Waals surface area contributed by atoms with Gasteiger partial charge in [0.1, 0.15) is 5.69 Å². The van der Waals surface area contributed by atoms with Crippen LogP contribution in [0.5, 0.6) is 5.88 Å². The topological polar surface area (TPSA) is 70.4 Å². The quantitative estimate of drug-likeness (QED) is 0.879. The fraction of sp³-hybridized carbons (Fsp3) is 0.200. The standard InChI is InChI=1S/C15H15N3O2/c1-3-18-14(19)13(17-15(18)20)8-11-9(2)16-12-7-5-4-6-10(11)12/h4-8,19H,3H2,1-2H3,(H,17,20). The summed E-state index contributed by atoms with van der Waals surface area (Å²) in [7, 11) is 0. The number of fused-ring (bicyclic) bond motifs is 1. The molecule has 0 unspecified atom stereocenters. The summed E-state index contributed by atoms with van der Waals surface area (Å²) in [5, 5.41) is 10.1. The second-order valence-corrected chi connectivity index (χ2v) is 4.68. The molecule has 1 aromatic heterocycles. The van der Waals surface area contributed by atoms with Gasteiger partial charge in [-0.25, -0.2) is 4.79 Å². The number of aromatic nitrogens is 2. The van der Waals surface area contributed by atoms with E-state index >= 15 is 0 Å². The lowest BCUT2D eigenvalue weighted by atomic mass is 10.0. The van der Waals surface area contributed by atoms with Crippen molar-refractivity contribution in [3.63, 3.8) is 0 Å². The Kier molecular flexibility index (Phi) is 2.82. The van der Waals surface area contributed by atoms with Gasteiger partial charge >= 0.3 is 5.69 Å². The maximum Gasteiger partial charge on any atom is 0.328 e. The molecule has 0 amide bonds. The molecule has 1 aromatic carbocycles. The SMILES string of the molecule is CCn1c(O)c(C=C2C(C)=Nc3ccccc32)[nH]c1=O. The van der Waals surface area contributed by atoms with Crippen LogP contribution in [0.1, 0.15) is 25.1 Å². The van der Waals surface area contributed by atoms with Crippen molar-refractivity contribution < 1.29 is 5.11 Å². The summed E-state index contributed by atoms with van der Waals surface area (Å²) < 4.78 is 1.29. The van der Waals surface area contributed by atoms with E-state index in [1.54, 1.807) is 6.08 Å². The average molecular weight is 269 g/mol. The van der Waals surface area contributed by atoms with Crippen molar-refractivity contribution in [2.75, 3.05) is 0 Å². The van der Waals surface area contributed by atoms with E-state index in [2.05, 4.69) is 9.98 Å². The third kappa shape index (κ3) is 1.79. The number of nitrogens with zero attached hydrogens (tertiary/aromatic N) is 2. The number of aliphatic imine (C=N–C) groups is 1. The minimum Gasteiger partial charge on any atom is -0.493 e. The Morgan fingerprint density at radius 2 is 2.15 bits per heavy atom. The Labute approximate surface area is 115 Å². The van der Waals surface area contributed by atoms with E-state index in [4.69, 9.17) is 0 Å². The van der Waals surface area contributed by atoms with Crippen molar-refractivity contribution in [3.05, 3.63) is 46.0 Å². The number of rotatable bonds is 2. The molecule has 0 spiro atoms. The zero-order valence-corrected chi connectivity index (χ0v) is 11.3. The van der Waals surface area contributed by atoms with Crippen molar-refractivity contribution in [1.29, 1.82) is 0 Å². The largest absolute Gasteiger partial charge is 0.493 e. The molecule has 3 rings (SSSR count). The number of para-hydroxylation sites is 1. The summed E-state index contributed by atoms with van der Waals surface area (Å²) >= 11 is 0. The molecule has 0 aliphatic carbocycles. The van der Waals surface area contributed by atoms with Crippen molar-refractivity contribution in [2.24, 2.45) is 4.99 Å². The molecule has 102 valence electrons. The van der Waals surface area contributed by atoms with Crippen LogP contribution in [0.25, 0.3) is 11.6 Å². The molecular weight excluding hydrogens is 254 g/mol. The lowest BCUT2D eigenvalue weighted by Crippen LogP contribution is -2.14. The van der Waals surface area contributed by atoms with Gasteiger partial charge in [0.05, 0.1) is 5.69 Å². The van der Waals surface area contributed by atoms with Crippen LogP contribution in [0, 0.1) is 0 Å². The van der Waals surface area contributed by atoms with Crippen LogP contribution in [-0.2, 0) is 6.54 Å². The first kappa shape index (κ1) is 12.5. The van der Waals surface area contributed by atoms with E-state index < -0.39 is 0 Å². The van der Waals surface area contributed by atoms with Gasteiger partial charge in [0.25, 0.3) is 0 Å². The Balaban J connectivity index is 2.15. The molecule has 5 nitrogen and oxygen atoms in total. The van der Waals surface area contributed by atoms with Crippen molar-refractivity contribution in [3.8, 4) is 5.88 Å². The number of imidazole rings is 1. The fourth-order valence-electron chi connectivity index (χ4n) is 2.44. The Hall–Kier alpha value is -2.56. The van der Waals surface area contributed by atoms with Crippen LogP contribution >= 0.6 is 0 Å². The van der Waals surface area contributed by atoms with Gasteiger partial charge in [0.15, 0.2) is 0 Å². The molecule has 0 saturated heterocycles. The lowest BCUT2D eigenvalue weighted by molar-refractivity contribution is 0.417. The van der Waals surface area contributed by atoms with Gasteiger partial charge < -0.3 is 10.1 Å². The number of allylic oxidation sites excluding steroid dienone is 1. The van der Waals surface area contributed by atoms with Gasteiger partial charge in [-0.1, -0.05) is 18.2 Å². The Morgan fingerprint density at radius 1 is 1.40 bits per heavy atom. The highest BCUT2D eigenvalue weighted by atomic mass is 16.3. The summed E-state index contributed by atoms with van der Waals surface area (Å²) in [4.78, 5) is 18.8. The number of benzene rings is 1. The zero-order chi connectivity index (χ0) is 14.3. The number of nitrogens with one attached hydrogen (secondary N) is 1. The van der Waals surface area contributed by atoms with Crippen LogP contribution in [0.2, 0.25) is 0 Å². The summed E-state index contributed by atoms with van der Waals surface area (Å²) in [6.07, 6.45) is 1.77. The Morgan fingerprint density at radius 3 is 2.85 bits per heavy atom. The number of aromatic amines is 1. The molecule has 20 heavy (non-hydrogen) atoms. The van der Waals surface area contributed by atoms with Crippen LogP contribution in [0.15, 0.2) is 34.1 Å². The molecule has 0 saturated carbocycles. The Bertz CT molecular complexity index is 794. The van der Waals surface area contributed by atoms with E-state index in [1.165, 1.54) is 4.57 Å². The highest BCUT2D eigenvalue weighted by Crippen LogP contribution is 2.36. The fourth-order valence-corrected chi connectivity index (χ4v) is 2.44. The molecule has 0 atom stereocenters. The molecule has 2 aromatic rings. The molecule has 2 N–H and O–H groups in total. The van der Waals surface area contributed by atoms with Crippen molar-refractivity contribution >= 4 is 23.0 Å². The van der Waals surface area contributed by atoms with Crippen LogP contribution in [-0.4, -0.2) is 20.4 Å². The van der Waals surface area contributed by atoms with Crippen LogP contribution in [0.4, 0.5) is 5.69 Å². The molecule has 1 aliphatic rings. The van der Waals surface area contributed by atoms with E-state index in [-0.39, 0.29) is 11.6 Å². The molecule has 5 heteroatoms. The van der Waals surface area contributed by atoms with Gasteiger partial charge in [-0.05, 0) is 26.0 Å². The lowest BCUT2D eigenvalue weighted by Gasteiger charge is -2.01. The first-order valence-electron chi connectivity index (χ1n) is 6.50. The third-order valence-electron chi connectivity index (χ3n) is 3.46. The first-order valence-corrected chi connectivity index (χ1v) is 6.50. The van der Waals surface area contributed by atoms with Crippen LogP contribution in [0.3, 0.4) is 0 Å².